The summed E-state index contributed by atoms with van der Waals surface area (Å²) in [5, 5.41) is 16.4. The molecule has 2 rings (SSSR count). The van der Waals surface area contributed by atoms with Crippen molar-refractivity contribution in [2.45, 2.75) is 18.9 Å². The molecule has 0 heterocycles. The molecule has 0 radical (unpaired) electrons. The Labute approximate surface area is 145 Å². The Morgan fingerprint density at radius 2 is 1.36 bits per heavy atom. The van der Waals surface area contributed by atoms with Crippen molar-refractivity contribution in [2.75, 3.05) is 6.54 Å². The first-order chi connectivity index (χ1) is 12.1. The number of carboxylic acid groups (broad SMARTS) is 1. The molecule has 0 aliphatic rings. The summed E-state index contributed by atoms with van der Waals surface area (Å²) in [6, 6.07) is 16.0. The van der Waals surface area contributed by atoms with Gasteiger partial charge in [0.2, 0.25) is 0 Å². The van der Waals surface area contributed by atoms with Gasteiger partial charge in [0, 0.05) is 17.7 Å². The lowest BCUT2D eigenvalue weighted by atomic mass is 10.1. The minimum atomic E-state index is -1.35. The molecule has 0 aromatic heterocycles. The van der Waals surface area contributed by atoms with Gasteiger partial charge in [0.05, 0.1) is 12.0 Å². The third-order valence-electron chi connectivity index (χ3n) is 3.62. The summed E-state index contributed by atoms with van der Waals surface area (Å²) >= 11 is 0. The maximum absolute atomic E-state index is 12.0. The highest BCUT2D eigenvalue weighted by Gasteiger charge is 2.14. The first-order valence-electron chi connectivity index (χ1n) is 7.98. The number of aliphatic carboxylic acids is 1. The standard InChI is InChI=1S/C19H20N2O4/c22-17(14-8-3-1-4-9-14)20-13-7-12-16(19(24)25)21-18(23)15-10-5-2-6-11-15/h1-6,8-11,16H,7,12-13H2,(H,20,22)(H,21,23)(H,24,25)/p-1/t16-/m0/s1. The number of carboxylic acids is 1. The molecule has 0 spiro atoms. The molecule has 2 aromatic rings. The molecule has 0 saturated heterocycles. The smallest absolute Gasteiger partial charge is 0.251 e. The maximum Gasteiger partial charge on any atom is 0.251 e. The van der Waals surface area contributed by atoms with Crippen molar-refractivity contribution < 1.29 is 19.5 Å². The highest BCUT2D eigenvalue weighted by atomic mass is 16.4. The molecule has 2 amide bonds. The van der Waals surface area contributed by atoms with Crippen molar-refractivity contribution in [3.05, 3.63) is 71.8 Å². The van der Waals surface area contributed by atoms with Crippen molar-refractivity contribution in [2.24, 2.45) is 0 Å². The van der Waals surface area contributed by atoms with Gasteiger partial charge in [-0.15, -0.1) is 0 Å². The first-order valence-corrected chi connectivity index (χ1v) is 7.98. The first kappa shape index (κ1) is 18.2. The fraction of sp³-hybridized carbons (Fsp3) is 0.211. The fourth-order valence-electron chi connectivity index (χ4n) is 2.28. The lowest BCUT2D eigenvalue weighted by Crippen LogP contribution is -2.48. The number of hydrogen-bond donors (Lipinski definition) is 2. The Morgan fingerprint density at radius 3 is 1.88 bits per heavy atom. The van der Waals surface area contributed by atoms with Crippen LogP contribution in [0.4, 0.5) is 0 Å². The van der Waals surface area contributed by atoms with Crippen LogP contribution in [0, 0.1) is 0 Å². The van der Waals surface area contributed by atoms with Gasteiger partial charge in [-0.2, -0.15) is 0 Å². The van der Waals surface area contributed by atoms with E-state index in [9.17, 15) is 19.5 Å². The average molecular weight is 339 g/mol. The van der Waals surface area contributed by atoms with Crippen molar-refractivity contribution >= 4 is 17.8 Å². The fourth-order valence-corrected chi connectivity index (χ4v) is 2.28. The second-order valence-electron chi connectivity index (χ2n) is 5.48. The van der Waals surface area contributed by atoms with E-state index in [0.29, 0.717) is 24.1 Å². The van der Waals surface area contributed by atoms with E-state index in [4.69, 9.17) is 0 Å². The summed E-state index contributed by atoms with van der Waals surface area (Å²) in [4.78, 5) is 35.1. The van der Waals surface area contributed by atoms with Gasteiger partial charge >= 0.3 is 0 Å². The van der Waals surface area contributed by atoms with Crippen LogP contribution in [0.2, 0.25) is 0 Å². The highest BCUT2D eigenvalue weighted by Crippen LogP contribution is 2.03. The molecule has 0 aliphatic carbocycles. The number of carbonyl (C=O) groups excluding carboxylic acids is 3. The summed E-state index contributed by atoms with van der Waals surface area (Å²) in [6.45, 7) is 0.304. The summed E-state index contributed by atoms with van der Waals surface area (Å²) in [5.74, 6) is -2.04. The molecular formula is C19H19N2O4-. The minimum absolute atomic E-state index is 0.163. The zero-order chi connectivity index (χ0) is 18.1. The molecule has 0 unspecified atom stereocenters. The molecule has 0 fully saturated rings. The van der Waals surface area contributed by atoms with Crippen LogP contribution in [-0.2, 0) is 4.79 Å². The van der Waals surface area contributed by atoms with E-state index >= 15 is 0 Å². The van der Waals surface area contributed by atoms with Crippen LogP contribution in [0.5, 0.6) is 0 Å². The lowest BCUT2D eigenvalue weighted by Gasteiger charge is -2.19. The molecular weight excluding hydrogens is 320 g/mol. The zero-order valence-electron chi connectivity index (χ0n) is 13.6. The topological polar surface area (TPSA) is 98.3 Å². The van der Waals surface area contributed by atoms with Gasteiger partial charge in [0.15, 0.2) is 0 Å². The second-order valence-corrected chi connectivity index (χ2v) is 5.48. The van der Waals surface area contributed by atoms with E-state index in [1.807, 2.05) is 6.07 Å². The Kier molecular flexibility index (Phi) is 6.71. The molecule has 6 heteroatoms. The highest BCUT2D eigenvalue weighted by molar-refractivity contribution is 5.96. The van der Waals surface area contributed by atoms with Crippen LogP contribution in [0.15, 0.2) is 60.7 Å². The largest absolute Gasteiger partial charge is 0.548 e. The number of rotatable bonds is 8. The Morgan fingerprint density at radius 1 is 0.840 bits per heavy atom. The number of hydrogen-bond acceptors (Lipinski definition) is 4. The molecule has 25 heavy (non-hydrogen) atoms. The zero-order valence-corrected chi connectivity index (χ0v) is 13.6. The van der Waals surface area contributed by atoms with Crippen LogP contribution < -0.4 is 15.7 Å². The van der Waals surface area contributed by atoms with Crippen LogP contribution in [0.3, 0.4) is 0 Å². The molecule has 0 bridgehead atoms. The van der Waals surface area contributed by atoms with E-state index in [0.717, 1.165) is 0 Å². The van der Waals surface area contributed by atoms with Crippen molar-refractivity contribution in [3.8, 4) is 0 Å². The average Bonchev–Trinajstić information content (AvgIpc) is 2.65. The maximum atomic E-state index is 12.0. The Bertz CT molecular complexity index is 717. The monoisotopic (exact) mass is 339 g/mol. The molecule has 2 aromatic carbocycles. The van der Waals surface area contributed by atoms with Crippen molar-refractivity contribution in [1.29, 1.82) is 0 Å². The predicted molar refractivity (Wildman–Crippen MR) is 90.7 cm³/mol. The number of benzene rings is 2. The van der Waals surface area contributed by atoms with Crippen molar-refractivity contribution in [3.63, 3.8) is 0 Å². The Balaban J connectivity index is 1.79. The van der Waals surface area contributed by atoms with Crippen molar-refractivity contribution in [1.82, 2.24) is 10.6 Å². The van der Waals surface area contributed by atoms with Gasteiger partial charge in [-0.3, -0.25) is 9.59 Å². The molecule has 1 atom stereocenters. The number of nitrogens with one attached hydrogen (secondary N) is 2. The van der Waals surface area contributed by atoms with Crippen LogP contribution in [0.1, 0.15) is 33.6 Å². The summed E-state index contributed by atoms with van der Waals surface area (Å²) < 4.78 is 0. The normalized spacial score (nSPS) is 11.4. The lowest BCUT2D eigenvalue weighted by molar-refractivity contribution is -0.308. The van der Waals surface area contributed by atoms with Gasteiger partial charge in [0.25, 0.3) is 11.8 Å². The van der Waals surface area contributed by atoms with Crippen LogP contribution >= 0.6 is 0 Å². The second kappa shape index (κ2) is 9.22. The number of amides is 2. The quantitative estimate of drug-likeness (QED) is 0.693. The molecule has 2 N–H and O–H groups in total. The molecule has 0 aliphatic heterocycles. The molecule has 130 valence electrons. The SMILES string of the molecule is O=C(NCCC[C@H](NC(=O)c1ccccc1)C(=O)[O-])c1ccccc1. The van der Waals surface area contributed by atoms with Gasteiger partial charge in [-0.05, 0) is 37.1 Å². The Hall–Kier alpha value is -3.15. The van der Waals surface area contributed by atoms with Gasteiger partial charge in [-0.25, -0.2) is 0 Å². The van der Waals surface area contributed by atoms with Gasteiger partial charge < -0.3 is 20.5 Å². The van der Waals surface area contributed by atoms with Crippen LogP contribution in [-0.4, -0.2) is 30.4 Å². The predicted octanol–water partition coefficient (Wildman–Crippen LogP) is 0.745. The van der Waals surface area contributed by atoms with Gasteiger partial charge in [-0.1, -0.05) is 36.4 Å². The number of carbonyl (C=O) groups is 3. The van der Waals surface area contributed by atoms with E-state index in [1.54, 1.807) is 54.6 Å². The molecule has 0 saturated carbocycles. The van der Waals surface area contributed by atoms with Gasteiger partial charge in [0.1, 0.15) is 0 Å². The summed E-state index contributed by atoms with van der Waals surface area (Å²) in [7, 11) is 0. The summed E-state index contributed by atoms with van der Waals surface area (Å²) in [5.41, 5.74) is 0.919. The van der Waals surface area contributed by atoms with Crippen LogP contribution in [0.25, 0.3) is 0 Å². The van der Waals surface area contributed by atoms with E-state index in [-0.39, 0.29) is 12.3 Å². The van der Waals surface area contributed by atoms with E-state index < -0.39 is 17.9 Å². The minimum Gasteiger partial charge on any atom is -0.548 e. The van der Waals surface area contributed by atoms with E-state index in [2.05, 4.69) is 10.6 Å². The third kappa shape index (κ3) is 5.76. The van der Waals surface area contributed by atoms with E-state index in [1.165, 1.54) is 0 Å². The summed E-state index contributed by atoms with van der Waals surface area (Å²) in [6.07, 6.45) is 0.558. The molecule has 6 nitrogen and oxygen atoms in total. The third-order valence-corrected chi connectivity index (χ3v) is 3.62.